The second kappa shape index (κ2) is 8.58. The highest BCUT2D eigenvalue weighted by molar-refractivity contribution is 6.01. The maximum Gasteiger partial charge on any atom is 0.306 e. The molecule has 0 radical (unpaired) electrons. The summed E-state index contributed by atoms with van der Waals surface area (Å²) in [7, 11) is 0. The van der Waals surface area contributed by atoms with Crippen LogP contribution in [0.4, 0.5) is 4.39 Å². The number of esters is 2. The van der Waals surface area contributed by atoms with Crippen molar-refractivity contribution in [2.24, 2.45) is 22.7 Å². The molecule has 2 fully saturated rings. The average molecular weight is 473 g/mol. The standard InChI is InChI=1S/C27H33FO6/c1-5-6-24(32)34-23-14-25(3)19(9-10-21(25)22(31)15-33-16(2)29)20-8-7-17-13-18(30)11-12-26(17,4)27(20,23)28/h10-13,19-20,23H,5-9,14-15H2,1-4H3. The zero-order valence-electron chi connectivity index (χ0n) is 20.3. The third kappa shape index (κ3) is 3.59. The summed E-state index contributed by atoms with van der Waals surface area (Å²) < 4.78 is 28.5. The minimum atomic E-state index is -1.91. The molecule has 0 aromatic heterocycles. The van der Waals surface area contributed by atoms with E-state index in [1.54, 1.807) is 13.0 Å². The maximum atomic E-state index is 17.7. The van der Waals surface area contributed by atoms with E-state index in [2.05, 4.69) is 0 Å². The third-order valence-electron chi connectivity index (χ3n) is 8.63. The number of fused-ring (bicyclic) bond motifs is 5. The van der Waals surface area contributed by atoms with Crippen molar-refractivity contribution in [1.29, 1.82) is 0 Å². The highest BCUT2D eigenvalue weighted by Gasteiger charge is 2.71. The van der Waals surface area contributed by atoms with E-state index in [0.717, 1.165) is 5.57 Å². The van der Waals surface area contributed by atoms with Crippen molar-refractivity contribution in [1.82, 2.24) is 0 Å². The Kier molecular flexibility index (Phi) is 6.19. The van der Waals surface area contributed by atoms with Gasteiger partial charge < -0.3 is 9.47 Å². The molecule has 0 saturated heterocycles. The number of Topliss-reactive ketones (excluding diaryl/α,β-unsaturated/α-hetero) is 1. The molecular weight excluding hydrogens is 439 g/mol. The molecule has 34 heavy (non-hydrogen) atoms. The molecule has 0 heterocycles. The Balaban J connectivity index is 1.75. The fourth-order valence-electron chi connectivity index (χ4n) is 6.97. The summed E-state index contributed by atoms with van der Waals surface area (Å²) in [4.78, 5) is 48.9. The van der Waals surface area contributed by atoms with E-state index in [9.17, 15) is 19.2 Å². The summed E-state index contributed by atoms with van der Waals surface area (Å²) in [6.07, 6.45) is 7.87. The van der Waals surface area contributed by atoms with Crippen LogP contribution in [0.5, 0.6) is 0 Å². The highest BCUT2D eigenvalue weighted by Crippen LogP contribution is 2.68. The van der Waals surface area contributed by atoms with Crippen molar-refractivity contribution in [3.63, 3.8) is 0 Å². The lowest BCUT2D eigenvalue weighted by Crippen LogP contribution is -2.67. The molecule has 0 aromatic rings. The molecule has 0 N–H and O–H groups in total. The number of ether oxygens (including phenoxy) is 2. The van der Waals surface area contributed by atoms with Gasteiger partial charge >= 0.3 is 11.9 Å². The fraction of sp³-hybridized carbons (Fsp3) is 0.630. The summed E-state index contributed by atoms with van der Waals surface area (Å²) >= 11 is 0. The fourth-order valence-corrected chi connectivity index (χ4v) is 6.97. The van der Waals surface area contributed by atoms with E-state index in [1.165, 1.54) is 19.1 Å². The third-order valence-corrected chi connectivity index (χ3v) is 8.63. The van der Waals surface area contributed by atoms with Crippen LogP contribution in [0, 0.1) is 22.7 Å². The quantitative estimate of drug-likeness (QED) is 0.534. The van der Waals surface area contributed by atoms with Crippen LogP contribution in [0.1, 0.15) is 66.2 Å². The normalized spacial score (nSPS) is 38.1. The Morgan fingerprint density at radius 1 is 1.21 bits per heavy atom. The van der Waals surface area contributed by atoms with Crippen molar-refractivity contribution < 1.29 is 33.0 Å². The summed E-state index contributed by atoms with van der Waals surface area (Å²) in [5, 5.41) is 0. The Morgan fingerprint density at radius 2 is 1.94 bits per heavy atom. The molecule has 0 bridgehead atoms. The van der Waals surface area contributed by atoms with Gasteiger partial charge in [-0.15, -0.1) is 0 Å². The van der Waals surface area contributed by atoms with Gasteiger partial charge in [-0.05, 0) is 57.1 Å². The maximum absolute atomic E-state index is 17.7. The van der Waals surface area contributed by atoms with Crippen LogP contribution in [-0.4, -0.2) is 41.9 Å². The predicted molar refractivity (Wildman–Crippen MR) is 122 cm³/mol. The van der Waals surface area contributed by atoms with E-state index >= 15 is 4.39 Å². The van der Waals surface area contributed by atoms with Crippen molar-refractivity contribution in [2.75, 3.05) is 6.61 Å². The van der Waals surface area contributed by atoms with E-state index in [0.29, 0.717) is 31.3 Å². The molecule has 4 aliphatic rings. The number of rotatable bonds is 6. The molecule has 2 saturated carbocycles. The Labute approximate surface area is 199 Å². The first kappa shape index (κ1) is 24.6. The van der Waals surface area contributed by atoms with Gasteiger partial charge in [0.25, 0.3) is 0 Å². The van der Waals surface area contributed by atoms with Gasteiger partial charge in [0.1, 0.15) is 6.10 Å². The number of carbonyl (C=O) groups excluding carboxylic acids is 4. The van der Waals surface area contributed by atoms with Crippen LogP contribution < -0.4 is 0 Å². The van der Waals surface area contributed by atoms with Crippen LogP contribution >= 0.6 is 0 Å². The second-order valence-electron chi connectivity index (χ2n) is 10.5. The number of halogens is 1. The van der Waals surface area contributed by atoms with Gasteiger partial charge in [-0.1, -0.05) is 31.6 Å². The van der Waals surface area contributed by atoms with Gasteiger partial charge in [-0.3, -0.25) is 19.2 Å². The summed E-state index contributed by atoms with van der Waals surface area (Å²) in [5.74, 6) is -2.09. The van der Waals surface area contributed by atoms with Gasteiger partial charge in [0.15, 0.2) is 23.8 Å². The number of alkyl halides is 1. The predicted octanol–water partition coefficient (Wildman–Crippen LogP) is 4.38. The summed E-state index contributed by atoms with van der Waals surface area (Å²) in [5.41, 5.74) is -2.44. The molecule has 4 aliphatic carbocycles. The lowest BCUT2D eigenvalue weighted by Gasteiger charge is -2.62. The number of hydrogen-bond acceptors (Lipinski definition) is 6. The molecule has 0 spiro atoms. The monoisotopic (exact) mass is 472 g/mol. The van der Waals surface area contributed by atoms with Crippen LogP contribution in [0.2, 0.25) is 0 Å². The first-order chi connectivity index (χ1) is 16.0. The molecule has 0 aromatic carbocycles. The van der Waals surface area contributed by atoms with Crippen molar-refractivity contribution in [2.45, 2.75) is 78.0 Å². The number of allylic oxidation sites excluding steroid dienone is 5. The van der Waals surface area contributed by atoms with Gasteiger partial charge in [0, 0.05) is 35.7 Å². The molecule has 6 atom stereocenters. The Morgan fingerprint density at radius 3 is 2.62 bits per heavy atom. The molecule has 6 nitrogen and oxygen atoms in total. The lowest BCUT2D eigenvalue weighted by molar-refractivity contribution is -0.207. The molecule has 184 valence electrons. The first-order valence-corrected chi connectivity index (χ1v) is 12.2. The van der Waals surface area contributed by atoms with Gasteiger partial charge in [-0.2, -0.15) is 0 Å². The van der Waals surface area contributed by atoms with Gasteiger partial charge in [0.2, 0.25) is 0 Å². The molecule has 0 amide bonds. The largest absolute Gasteiger partial charge is 0.459 e. The Bertz CT molecular complexity index is 1020. The summed E-state index contributed by atoms with van der Waals surface area (Å²) in [6, 6.07) is 0. The van der Waals surface area contributed by atoms with Crippen LogP contribution in [0.25, 0.3) is 0 Å². The molecule has 7 heteroatoms. The van der Waals surface area contributed by atoms with E-state index in [-0.39, 0.29) is 36.9 Å². The lowest BCUT2D eigenvalue weighted by atomic mass is 9.45. The highest BCUT2D eigenvalue weighted by atomic mass is 19.1. The van der Waals surface area contributed by atoms with Crippen molar-refractivity contribution >= 4 is 23.5 Å². The number of carbonyl (C=O) groups is 4. The Hall–Kier alpha value is -2.57. The van der Waals surface area contributed by atoms with Crippen LogP contribution in [-0.2, 0) is 28.7 Å². The van der Waals surface area contributed by atoms with E-state index < -0.39 is 40.5 Å². The molecule has 6 unspecified atom stereocenters. The molecular formula is C27H33FO6. The second-order valence-corrected chi connectivity index (χ2v) is 10.5. The van der Waals surface area contributed by atoms with Crippen LogP contribution in [0.3, 0.4) is 0 Å². The average Bonchev–Trinajstić information content (AvgIpc) is 3.10. The summed E-state index contributed by atoms with van der Waals surface area (Å²) in [6.45, 7) is 6.49. The smallest absolute Gasteiger partial charge is 0.306 e. The SMILES string of the molecule is CCCC(=O)OC1CC2(C)C(C(=O)COC(C)=O)=CCC2C2CCC3=CC(=O)C=CC3(C)C12F. The van der Waals surface area contributed by atoms with Gasteiger partial charge in [0.05, 0.1) is 0 Å². The van der Waals surface area contributed by atoms with Gasteiger partial charge in [-0.25, -0.2) is 4.39 Å². The van der Waals surface area contributed by atoms with Crippen LogP contribution in [0.15, 0.2) is 35.5 Å². The minimum Gasteiger partial charge on any atom is -0.459 e. The van der Waals surface area contributed by atoms with E-state index in [4.69, 9.17) is 9.47 Å². The molecule has 0 aliphatic heterocycles. The van der Waals surface area contributed by atoms with E-state index in [1.807, 2.05) is 19.9 Å². The number of ketones is 2. The van der Waals surface area contributed by atoms with Crippen molar-refractivity contribution in [3.05, 3.63) is 35.5 Å². The minimum absolute atomic E-state index is 0.155. The zero-order chi connectivity index (χ0) is 24.9. The molecule has 4 rings (SSSR count). The topological polar surface area (TPSA) is 86.7 Å². The van der Waals surface area contributed by atoms with Crippen molar-refractivity contribution in [3.8, 4) is 0 Å². The number of hydrogen-bond donors (Lipinski definition) is 0. The first-order valence-electron chi connectivity index (χ1n) is 12.2. The zero-order valence-corrected chi connectivity index (χ0v) is 20.3.